The highest BCUT2D eigenvalue weighted by atomic mass is 19.1. The molecular formula is C18H16F2N6. The first-order valence-corrected chi connectivity index (χ1v) is 8.05. The second kappa shape index (κ2) is 7.64. The van der Waals surface area contributed by atoms with Crippen molar-refractivity contribution in [1.29, 1.82) is 0 Å². The SMILES string of the molecule is CC.Fc1cccc(-c2nc(Nc3ccncc3F)c3cccn3n2)n1. The Hall–Kier alpha value is -3.42. The first-order chi connectivity index (χ1) is 12.7. The van der Waals surface area contributed by atoms with Gasteiger partial charge in [0.2, 0.25) is 11.8 Å². The van der Waals surface area contributed by atoms with Crippen LogP contribution in [0.3, 0.4) is 0 Å². The topological polar surface area (TPSA) is 68.0 Å². The molecular weight excluding hydrogens is 338 g/mol. The number of hydrogen-bond acceptors (Lipinski definition) is 5. The van der Waals surface area contributed by atoms with Gasteiger partial charge in [-0.15, -0.1) is 5.10 Å². The molecule has 0 aliphatic heterocycles. The summed E-state index contributed by atoms with van der Waals surface area (Å²) in [6, 6.07) is 9.42. The average molecular weight is 354 g/mol. The summed E-state index contributed by atoms with van der Waals surface area (Å²) in [5.74, 6) is -0.541. The van der Waals surface area contributed by atoms with Crippen LogP contribution in [-0.4, -0.2) is 24.6 Å². The maximum absolute atomic E-state index is 13.8. The van der Waals surface area contributed by atoms with Crippen molar-refractivity contribution in [3.63, 3.8) is 0 Å². The van der Waals surface area contributed by atoms with Crippen molar-refractivity contribution >= 4 is 17.0 Å². The quantitative estimate of drug-likeness (QED) is 0.558. The third-order valence-electron chi connectivity index (χ3n) is 3.36. The van der Waals surface area contributed by atoms with E-state index in [1.165, 1.54) is 24.4 Å². The number of hydrogen-bond donors (Lipinski definition) is 1. The van der Waals surface area contributed by atoms with Crippen LogP contribution in [0.5, 0.6) is 0 Å². The van der Waals surface area contributed by atoms with Gasteiger partial charge in [0.25, 0.3) is 0 Å². The molecule has 0 aromatic carbocycles. The zero-order valence-electron chi connectivity index (χ0n) is 14.2. The van der Waals surface area contributed by atoms with Crippen LogP contribution in [0.15, 0.2) is 55.0 Å². The Labute approximate surface area is 148 Å². The molecule has 4 aromatic rings. The van der Waals surface area contributed by atoms with E-state index in [-0.39, 0.29) is 17.2 Å². The molecule has 132 valence electrons. The van der Waals surface area contributed by atoms with Crippen molar-refractivity contribution in [3.05, 3.63) is 66.8 Å². The van der Waals surface area contributed by atoms with Crippen LogP contribution >= 0.6 is 0 Å². The predicted octanol–water partition coefficient (Wildman–Crippen LogP) is 4.23. The molecule has 0 spiro atoms. The van der Waals surface area contributed by atoms with Crippen LogP contribution in [0.25, 0.3) is 17.0 Å². The van der Waals surface area contributed by atoms with E-state index < -0.39 is 11.8 Å². The Morgan fingerprint density at radius 3 is 2.62 bits per heavy atom. The van der Waals surface area contributed by atoms with E-state index in [2.05, 4.69) is 25.4 Å². The Kier molecular flexibility index (Phi) is 5.12. The first kappa shape index (κ1) is 17.4. The van der Waals surface area contributed by atoms with E-state index in [9.17, 15) is 8.78 Å². The van der Waals surface area contributed by atoms with Gasteiger partial charge >= 0.3 is 0 Å². The molecule has 0 atom stereocenters. The van der Waals surface area contributed by atoms with Gasteiger partial charge in [-0.05, 0) is 30.3 Å². The average Bonchev–Trinajstić information content (AvgIpc) is 3.14. The smallest absolute Gasteiger partial charge is 0.213 e. The third kappa shape index (κ3) is 3.49. The summed E-state index contributed by atoms with van der Waals surface area (Å²) in [4.78, 5) is 11.9. The maximum atomic E-state index is 13.8. The van der Waals surface area contributed by atoms with Crippen molar-refractivity contribution in [3.8, 4) is 11.5 Å². The molecule has 0 aliphatic carbocycles. The lowest BCUT2D eigenvalue weighted by atomic mass is 10.3. The molecule has 6 nitrogen and oxygen atoms in total. The predicted molar refractivity (Wildman–Crippen MR) is 95.0 cm³/mol. The second-order valence-corrected chi connectivity index (χ2v) is 4.95. The minimum absolute atomic E-state index is 0.218. The zero-order valence-corrected chi connectivity index (χ0v) is 14.2. The second-order valence-electron chi connectivity index (χ2n) is 4.95. The summed E-state index contributed by atoms with van der Waals surface area (Å²) in [6.45, 7) is 4.00. The molecule has 8 heteroatoms. The lowest BCUT2D eigenvalue weighted by Gasteiger charge is -2.10. The number of pyridine rings is 2. The summed E-state index contributed by atoms with van der Waals surface area (Å²) in [5, 5.41) is 7.22. The third-order valence-corrected chi connectivity index (χ3v) is 3.36. The van der Waals surface area contributed by atoms with E-state index in [0.29, 0.717) is 11.3 Å². The molecule has 0 bridgehead atoms. The van der Waals surface area contributed by atoms with Gasteiger partial charge in [0.05, 0.1) is 11.9 Å². The number of nitrogens with one attached hydrogen (secondary N) is 1. The molecule has 4 rings (SSSR count). The molecule has 1 N–H and O–H groups in total. The van der Waals surface area contributed by atoms with Crippen LogP contribution in [-0.2, 0) is 0 Å². The number of halogens is 2. The minimum atomic E-state index is -0.626. The van der Waals surface area contributed by atoms with Crippen molar-refractivity contribution in [2.75, 3.05) is 5.32 Å². The zero-order chi connectivity index (χ0) is 18.5. The lowest BCUT2D eigenvalue weighted by molar-refractivity contribution is 0.584. The lowest BCUT2D eigenvalue weighted by Crippen LogP contribution is -2.05. The van der Waals surface area contributed by atoms with Gasteiger partial charge in [-0.3, -0.25) is 4.98 Å². The summed E-state index contributed by atoms with van der Waals surface area (Å²) in [6.07, 6.45) is 4.29. The molecule has 4 aromatic heterocycles. The normalized spacial score (nSPS) is 10.3. The van der Waals surface area contributed by atoms with Crippen LogP contribution in [0.1, 0.15) is 13.8 Å². The van der Waals surface area contributed by atoms with Gasteiger partial charge in [0.15, 0.2) is 11.6 Å². The number of fused-ring (bicyclic) bond motifs is 1. The van der Waals surface area contributed by atoms with Crippen LogP contribution in [0.4, 0.5) is 20.3 Å². The van der Waals surface area contributed by atoms with Gasteiger partial charge in [0.1, 0.15) is 11.2 Å². The largest absolute Gasteiger partial charge is 0.336 e. The van der Waals surface area contributed by atoms with Gasteiger partial charge in [0, 0.05) is 12.4 Å². The minimum Gasteiger partial charge on any atom is -0.336 e. The fraction of sp³-hybridized carbons (Fsp3) is 0.111. The summed E-state index contributed by atoms with van der Waals surface area (Å²) in [7, 11) is 0. The highest BCUT2D eigenvalue weighted by molar-refractivity contribution is 5.74. The fourth-order valence-corrected chi connectivity index (χ4v) is 2.27. The molecule has 0 saturated carbocycles. The van der Waals surface area contributed by atoms with Crippen molar-refractivity contribution in [2.24, 2.45) is 0 Å². The molecule has 0 fully saturated rings. The monoisotopic (exact) mass is 354 g/mol. The van der Waals surface area contributed by atoms with Crippen LogP contribution in [0.2, 0.25) is 0 Å². The summed E-state index contributed by atoms with van der Waals surface area (Å²) in [5.41, 5.74) is 1.15. The van der Waals surface area contributed by atoms with Gasteiger partial charge < -0.3 is 5.32 Å². The maximum Gasteiger partial charge on any atom is 0.213 e. The molecule has 0 unspecified atom stereocenters. The Morgan fingerprint density at radius 1 is 1.00 bits per heavy atom. The summed E-state index contributed by atoms with van der Waals surface area (Å²) >= 11 is 0. The Bertz CT molecular complexity index is 1030. The number of aromatic nitrogens is 5. The number of rotatable bonds is 3. The molecule has 0 aliphatic rings. The molecule has 0 amide bonds. The highest BCUT2D eigenvalue weighted by Gasteiger charge is 2.12. The van der Waals surface area contributed by atoms with E-state index in [0.717, 1.165) is 6.20 Å². The van der Waals surface area contributed by atoms with Gasteiger partial charge in [-0.2, -0.15) is 4.39 Å². The van der Waals surface area contributed by atoms with E-state index in [1.807, 2.05) is 13.8 Å². The Balaban J connectivity index is 0.000000948. The van der Waals surface area contributed by atoms with Crippen LogP contribution < -0.4 is 5.32 Å². The standard InChI is InChI=1S/C16H10F2N6.C2H6/c17-10-9-19-7-6-11(10)21-16-13-4-2-8-24(13)23-15(22-16)12-3-1-5-14(18)20-12;1-2/h1-9H,(H,19,21,22,23);1-2H3. The van der Waals surface area contributed by atoms with E-state index >= 15 is 0 Å². The van der Waals surface area contributed by atoms with Crippen LogP contribution in [0, 0.1) is 11.8 Å². The summed E-state index contributed by atoms with van der Waals surface area (Å²) < 4.78 is 28.8. The highest BCUT2D eigenvalue weighted by Crippen LogP contribution is 2.24. The van der Waals surface area contributed by atoms with Gasteiger partial charge in [-0.1, -0.05) is 19.9 Å². The van der Waals surface area contributed by atoms with E-state index in [1.54, 1.807) is 28.9 Å². The van der Waals surface area contributed by atoms with E-state index in [4.69, 9.17) is 0 Å². The number of anilines is 2. The molecule has 0 saturated heterocycles. The fourth-order valence-electron chi connectivity index (χ4n) is 2.27. The Morgan fingerprint density at radius 2 is 1.85 bits per heavy atom. The number of nitrogens with zero attached hydrogens (tertiary/aromatic N) is 5. The molecule has 26 heavy (non-hydrogen) atoms. The van der Waals surface area contributed by atoms with Gasteiger partial charge in [-0.25, -0.2) is 18.9 Å². The van der Waals surface area contributed by atoms with Crippen molar-refractivity contribution in [2.45, 2.75) is 13.8 Å². The van der Waals surface area contributed by atoms with Crippen molar-refractivity contribution in [1.82, 2.24) is 24.6 Å². The molecule has 4 heterocycles. The first-order valence-electron chi connectivity index (χ1n) is 8.05. The van der Waals surface area contributed by atoms with Crippen molar-refractivity contribution < 1.29 is 8.78 Å². The molecule has 0 radical (unpaired) electrons.